The Morgan fingerprint density at radius 3 is 1.14 bits per heavy atom. The minimum atomic E-state index is -3.53. The van der Waals surface area contributed by atoms with E-state index in [1.165, 1.54) is 0 Å². The number of sulfone groups is 2. The third-order valence-electron chi connectivity index (χ3n) is 13.6. The van der Waals surface area contributed by atoms with Crippen LogP contribution >= 0.6 is 46.4 Å². The maximum Gasteiger partial charge on any atom is 0.255 e. The average Bonchev–Trinajstić information content (AvgIpc) is 3.29. The summed E-state index contributed by atoms with van der Waals surface area (Å²) in [6, 6.07) is 26.9. The van der Waals surface area contributed by atoms with Gasteiger partial charge in [-0.15, -0.1) is 13.2 Å². The van der Waals surface area contributed by atoms with Crippen molar-refractivity contribution in [2.45, 2.75) is 159 Å². The summed E-state index contributed by atoms with van der Waals surface area (Å²) in [5, 5.41) is 2.21. The van der Waals surface area contributed by atoms with Crippen LogP contribution in [0.25, 0.3) is 0 Å². The second kappa shape index (κ2) is 24.5. The van der Waals surface area contributed by atoms with Gasteiger partial charge < -0.3 is 19.3 Å². The third kappa shape index (κ3) is 14.0. The van der Waals surface area contributed by atoms with Gasteiger partial charge in [-0.05, 0) is 139 Å². The minimum Gasteiger partial charge on any atom is -0.355 e. The molecule has 8 atom stereocenters. The van der Waals surface area contributed by atoms with E-state index in [1.54, 1.807) is 114 Å². The summed E-state index contributed by atoms with van der Waals surface area (Å²) in [6.07, 6.45) is 3.57. The van der Waals surface area contributed by atoms with Crippen molar-refractivity contribution in [1.82, 2.24) is 9.80 Å². The van der Waals surface area contributed by atoms with Gasteiger partial charge in [0.1, 0.15) is 23.4 Å². The van der Waals surface area contributed by atoms with Gasteiger partial charge in [0.2, 0.25) is 0 Å². The fourth-order valence-electron chi connectivity index (χ4n) is 9.14. The van der Waals surface area contributed by atoms with Gasteiger partial charge in [0, 0.05) is 45.0 Å². The van der Waals surface area contributed by atoms with E-state index in [1.807, 2.05) is 74.5 Å². The molecule has 2 fully saturated rings. The average molecular weight is 1120 g/mol. The summed E-state index contributed by atoms with van der Waals surface area (Å²) in [6.45, 7) is 25.1. The summed E-state index contributed by atoms with van der Waals surface area (Å²) in [7, 11) is -7.06. The molecule has 10 nitrogen and oxygen atoms in total. The molecule has 0 saturated carbocycles. The molecule has 2 heterocycles. The molecule has 0 aromatic heterocycles. The molecule has 0 N–H and O–H groups in total. The number of morpholine rings is 2. The normalized spacial score (nSPS) is 23.6. The highest BCUT2D eigenvalue weighted by molar-refractivity contribution is 7.93. The van der Waals surface area contributed by atoms with Crippen LogP contribution in [0.15, 0.2) is 122 Å². The third-order valence-corrected chi connectivity index (χ3v) is 19.9. The van der Waals surface area contributed by atoms with E-state index in [-0.39, 0.29) is 43.6 Å². The first-order valence-corrected chi connectivity index (χ1v) is 29.0. The summed E-state index contributed by atoms with van der Waals surface area (Å²) in [5.41, 5.74) is 0.732. The Morgan fingerprint density at radius 1 is 0.562 bits per heavy atom. The molecule has 0 bridgehead atoms. The van der Waals surface area contributed by atoms with E-state index in [9.17, 15) is 26.4 Å². The summed E-state index contributed by atoms with van der Waals surface area (Å²) in [5.74, 6) is -0.849. The summed E-state index contributed by atoms with van der Waals surface area (Å²) in [4.78, 5) is 31.8. The predicted octanol–water partition coefficient (Wildman–Crippen LogP) is 14.6. The van der Waals surface area contributed by atoms with Crippen molar-refractivity contribution in [2.75, 3.05) is 11.5 Å². The van der Waals surface area contributed by atoms with Gasteiger partial charge >= 0.3 is 0 Å². The van der Waals surface area contributed by atoms with Crippen molar-refractivity contribution < 1.29 is 35.9 Å². The molecule has 4 aromatic rings. The standard InChI is InChI=1S/2C28H35Cl2NO4S.CH4/c2*1-7-16-28(6)26(32)31(23(8-2)18-36(33,34)27(3,4)5)24(19-12-14-21(29)15-13-19)25(35-28)20-10-9-11-22(30)17-20;/h2*7,9-15,17,23-25H,1,8,16,18H2,2-6H3;1H4/t23-,24+,25+,28+;23-,24+,25+,28-;/m00./s1. The lowest BCUT2D eigenvalue weighted by Gasteiger charge is -2.52. The van der Waals surface area contributed by atoms with Crippen LogP contribution in [0.5, 0.6) is 0 Å². The number of nitrogens with zero attached hydrogens (tertiary/aromatic N) is 2. The summed E-state index contributed by atoms with van der Waals surface area (Å²) < 4.78 is 64.5. The van der Waals surface area contributed by atoms with E-state index in [0.717, 1.165) is 22.3 Å². The van der Waals surface area contributed by atoms with Crippen LogP contribution in [0, 0.1) is 0 Å². The van der Waals surface area contributed by atoms with E-state index in [2.05, 4.69) is 13.2 Å². The Labute approximate surface area is 456 Å². The first-order chi connectivity index (χ1) is 33.5. The second-order valence-electron chi connectivity index (χ2n) is 21.0. The van der Waals surface area contributed by atoms with Crippen molar-refractivity contribution in [3.05, 3.63) is 165 Å². The maximum absolute atomic E-state index is 14.2. The van der Waals surface area contributed by atoms with Crippen LogP contribution < -0.4 is 0 Å². The summed E-state index contributed by atoms with van der Waals surface area (Å²) >= 11 is 25.1. The monoisotopic (exact) mass is 1120 g/mol. The van der Waals surface area contributed by atoms with Gasteiger partial charge in [-0.2, -0.15) is 0 Å². The van der Waals surface area contributed by atoms with E-state index in [4.69, 9.17) is 55.9 Å². The van der Waals surface area contributed by atoms with E-state index in [0.29, 0.717) is 32.9 Å². The number of carbonyl (C=O) groups is 2. The Kier molecular flexibility index (Phi) is 20.8. The van der Waals surface area contributed by atoms with Crippen molar-refractivity contribution >= 4 is 77.9 Å². The topological polar surface area (TPSA) is 127 Å². The Balaban J connectivity index is 0.000000312. The molecule has 6 rings (SSSR count). The second-order valence-corrected chi connectivity index (χ2v) is 28.3. The molecule has 0 aliphatic carbocycles. The molecule has 73 heavy (non-hydrogen) atoms. The number of hydrogen-bond donors (Lipinski definition) is 0. The quantitative estimate of drug-likeness (QED) is 0.102. The van der Waals surface area contributed by atoms with Crippen LogP contribution in [0.3, 0.4) is 0 Å². The number of halogens is 4. The first kappa shape index (κ1) is 61.8. The largest absolute Gasteiger partial charge is 0.355 e. The lowest BCUT2D eigenvalue weighted by molar-refractivity contribution is -0.201. The number of rotatable bonds is 16. The first-order valence-electron chi connectivity index (χ1n) is 24.2. The SMILES string of the molecule is C.C=CC[C@@]1(C)O[C@H](c2cccc(Cl)c2)[C@@H](c2ccc(Cl)cc2)N([C@@H](CC)CS(=O)(=O)C(C)(C)C)C1=O.C=CC[C@]1(C)O[C@H](c2cccc(Cl)c2)[C@@H](c2ccc(Cl)cc2)N([C@@H](CC)CS(=O)(=O)C(C)(C)C)C1=O. The lowest BCUT2D eigenvalue weighted by Crippen LogP contribution is -2.61. The van der Waals surface area contributed by atoms with E-state index < -0.39 is 76.7 Å². The zero-order valence-electron chi connectivity index (χ0n) is 43.0. The fraction of sp³-hybridized carbons (Fsp3) is 0.474. The van der Waals surface area contributed by atoms with E-state index >= 15 is 0 Å². The Bertz CT molecular complexity index is 2600. The molecule has 2 aliphatic rings. The fourth-order valence-corrected chi connectivity index (χ4v) is 12.6. The van der Waals surface area contributed by atoms with Crippen molar-refractivity contribution in [1.29, 1.82) is 0 Å². The van der Waals surface area contributed by atoms with Gasteiger partial charge in [0.25, 0.3) is 11.8 Å². The molecule has 400 valence electrons. The number of ether oxygens (including phenoxy) is 2. The van der Waals surface area contributed by atoms with Crippen molar-refractivity contribution in [2.24, 2.45) is 0 Å². The number of amides is 2. The maximum atomic E-state index is 14.2. The number of carbonyl (C=O) groups excluding carboxylic acids is 2. The van der Waals surface area contributed by atoms with Crippen molar-refractivity contribution in [3.63, 3.8) is 0 Å². The zero-order valence-corrected chi connectivity index (χ0v) is 47.7. The van der Waals surface area contributed by atoms with Crippen LogP contribution in [0.1, 0.15) is 149 Å². The zero-order chi connectivity index (χ0) is 53.8. The number of benzene rings is 4. The highest BCUT2D eigenvalue weighted by atomic mass is 35.5. The molecular formula is C57H74Cl4N2O8S2. The molecule has 0 radical (unpaired) electrons. The van der Waals surface area contributed by atoms with Gasteiger partial charge in [-0.1, -0.05) is 128 Å². The minimum absolute atomic E-state index is 0. The lowest BCUT2D eigenvalue weighted by atomic mass is 9.86. The highest BCUT2D eigenvalue weighted by Crippen LogP contribution is 2.50. The molecule has 16 heteroatoms. The van der Waals surface area contributed by atoms with Gasteiger partial charge in [-0.3, -0.25) is 9.59 Å². The smallest absolute Gasteiger partial charge is 0.255 e. The van der Waals surface area contributed by atoms with Gasteiger partial charge in [0.15, 0.2) is 19.7 Å². The number of hydrogen-bond acceptors (Lipinski definition) is 8. The van der Waals surface area contributed by atoms with Crippen LogP contribution in [-0.2, 0) is 38.7 Å². The molecule has 2 aliphatic heterocycles. The van der Waals surface area contributed by atoms with Crippen LogP contribution in [0.4, 0.5) is 0 Å². The highest BCUT2D eigenvalue weighted by Gasteiger charge is 2.55. The molecule has 0 unspecified atom stereocenters. The van der Waals surface area contributed by atoms with Crippen molar-refractivity contribution in [3.8, 4) is 0 Å². The predicted molar refractivity (Wildman–Crippen MR) is 301 cm³/mol. The Morgan fingerprint density at radius 2 is 0.877 bits per heavy atom. The Hall–Kier alpha value is -3.72. The molecule has 4 aromatic carbocycles. The van der Waals surface area contributed by atoms with Gasteiger partial charge in [0.05, 0.1) is 33.1 Å². The molecular weight excluding hydrogens is 1050 g/mol. The van der Waals surface area contributed by atoms with Gasteiger partial charge in [-0.25, -0.2) is 16.8 Å². The molecule has 2 saturated heterocycles. The molecule has 2 amide bonds. The van der Waals surface area contributed by atoms with Crippen LogP contribution in [0.2, 0.25) is 20.1 Å². The van der Waals surface area contributed by atoms with Crippen LogP contribution in [-0.4, -0.2) is 82.7 Å². The molecule has 0 spiro atoms.